The van der Waals surface area contributed by atoms with Crippen LogP contribution in [0.1, 0.15) is 22.3 Å². The van der Waals surface area contributed by atoms with Crippen molar-refractivity contribution < 1.29 is 4.74 Å². The van der Waals surface area contributed by atoms with Crippen LogP contribution in [-0.2, 0) is 6.61 Å². The zero-order chi connectivity index (χ0) is 13.8. The highest BCUT2D eigenvalue weighted by Crippen LogP contribution is 2.26. The number of ether oxygens (including phenoxy) is 1. The van der Waals surface area contributed by atoms with Crippen LogP contribution in [0.2, 0.25) is 5.02 Å². The zero-order valence-corrected chi connectivity index (χ0v) is 11.7. The van der Waals surface area contributed by atoms with Crippen molar-refractivity contribution in [2.75, 3.05) is 0 Å². The number of nitriles is 1. The van der Waals surface area contributed by atoms with Gasteiger partial charge in [-0.05, 0) is 43.2 Å². The van der Waals surface area contributed by atoms with Crippen molar-refractivity contribution >= 4 is 11.6 Å². The molecule has 0 fully saturated rings. The monoisotopic (exact) mass is 271 g/mol. The van der Waals surface area contributed by atoms with Crippen molar-refractivity contribution in [3.05, 3.63) is 63.7 Å². The summed E-state index contributed by atoms with van der Waals surface area (Å²) >= 11 is 6.09. The Morgan fingerprint density at radius 2 is 1.79 bits per heavy atom. The molecular weight excluding hydrogens is 258 g/mol. The zero-order valence-electron chi connectivity index (χ0n) is 10.9. The second-order valence-corrected chi connectivity index (χ2v) is 4.84. The molecule has 0 N–H and O–H groups in total. The van der Waals surface area contributed by atoms with Crippen molar-refractivity contribution in [1.82, 2.24) is 0 Å². The molecule has 2 rings (SSSR count). The molecule has 2 aromatic carbocycles. The third-order valence-corrected chi connectivity index (χ3v) is 3.29. The minimum Gasteiger partial charge on any atom is -0.488 e. The Hall–Kier alpha value is -1.98. The Kier molecular flexibility index (Phi) is 4.09. The van der Waals surface area contributed by atoms with E-state index < -0.39 is 0 Å². The van der Waals surface area contributed by atoms with E-state index in [1.54, 1.807) is 0 Å². The topological polar surface area (TPSA) is 33.0 Å². The second-order valence-electron chi connectivity index (χ2n) is 4.43. The molecule has 3 heteroatoms. The number of hydrogen-bond acceptors (Lipinski definition) is 2. The summed E-state index contributed by atoms with van der Waals surface area (Å²) in [6.07, 6.45) is 0. The predicted molar refractivity (Wildman–Crippen MR) is 76.4 cm³/mol. The quantitative estimate of drug-likeness (QED) is 0.828. The minimum absolute atomic E-state index is 0.424. The first kappa shape index (κ1) is 13.5. The molecule has 0 atom stereocenters. The van der Waals surface area contributed by atoms with E-state index >= 15 is 0 Å². The van der Waals surface area contributed by atoms with Gasteiger partial charge in [0.15, 0.2) is 0 Å². The molecule has 19 heavy (non-hydrogen) atoms. The lowest BCUT2D eigenvalue weighted by Crippen LogP contribution is -2.00. The van der Waals surface area contributed by atoms with Crippen LogP contribution >= 0.6 is 11.6 Å². The average Bonchev–Trinajstić information content (AvgIpc) is 2.39. The largest absolute Gasteiger partial charge is 0.488 e. The molecule has 0 amide bonds. The van der Waals surface area contributed by atoms with Gasteiger partial charge >= 0.3 is 0 Å². The third kappa shape index (κ3) is 3.07. The van der Waals surface area contributed by atoms with Crippen LogP contribution in [0.3, 0.4) is 0 Å². The fourth-order valence-electron chi connectivity index (χ4n) is 2.01. The summed E-state index contributed by atoms with van der Waals surface area (Å²) in [4.78, 5) is 0. The fourth-order valence-corrected chi connectivity index (χ4v) is 2.20. The normalized spacial score (nSPS) is 10.0. The van der Waals surface area contributed by atoms with Gasteiger partial charge in [0.05, 0.1) is 11.6 Å². The number of hydrogen-bond donors (Lipinski definition) is 0. The first-order chi connectivity index (χ1) is 9.11. The van der Waals surface area contributed by atoms with Gasteiger partial charge in [-0.15, -0.1) is 0 Å². The van der Waals surface area contributed by atoms with Crippen LogP contribution in [-0.4, -0.2) is 0 Å². The van der Waals surface area contributed by atoms with Crippen molar-refractivity contribution in [1.29, 1.82) is 5.26 Å². The van der Waals surface area contributed by atoms with Gasteiger partial charge in [0.2, 0.25) is 0 Å². The first-order valence-electron chi connectivity index (χ1n) is 5.99. The second kappa shape index (κ2) is 5.77. The Morgan fingerprint density at radius 1 is 1.16 bits per heavy atom. The van der Waals surface area contributed by atoms with Crippen LogP contribution in [0.4, 0.5) is 0 Å². The highest BCUT2D eigenvalue weighted by Gasteiger charge is 2.07. The predicted octanol–water partition coefficient (Wildman–Crippen LogP) is 4.41. The SMILES string of the molecule is Cc1cc(C#N)cc(C)c1OCc1ccccc1Cl. The lowest BCUT2D eigenvalue weighted by molar-refractivity contribution is 0.302. The van der Waals surface area contributed by atoms with E-state index in [1.165, 1.54) is 0 Å². The molecule has 0 saturated carbocycles. The van der Waals surface area contributed by atoms with Crippen molar-refractivity contribution in [3.8, 4) is 11.8 Å². The Morgan fingerprint density at radius 3 is 2.37 bits per heavy atom. The van der Waals surface area contributed by atoms with E-state index in [0.717, 1.165) is 22.4 Å². The highest BCUT2D eigenvalue weighted by molar-refractivity contribution is 6.31. The number of aryl methyl sites for hydroxylation is 2. The number of benzene rings is 2. The van der Waals surface area contributed by atoms with Gasteiger partial charge in [-0.1, -0.05) is 29.8 Å². The lowest BCUT2D eigenvalue weighted by Gasteiger charge is -2.13. The Balaban J connectivity index is 2.21. The maximum atomic E-state index is 8.91. The Labute approximate surface area is 118 Å². The summed E-state index contributed by atoms with van der Waals surface area (Å²) < 4.78 is 5.84. The van der Waals surface area contributed by atoms with E-state index in [2.05, 4.69) is 6.07 Å². The summed E-state index contributed by atoms with van der Waals surface area (Å²) in [6.45, 7) is 4.30. The minimum atomic E-state index is 0.424. The molecule has 96 valence electrons. The molecule has 0 heterocycles. The van der Waals surface area contributed by atoms with Crippen LogP contribution in [0, 0.1) is 25.2 Å². The van der Waals surface area contributed by atoms with Crippen molar-refractivity contribution in [2.24, 2.45) is 0 Å². The third-order valence-electron chi connectivity index (χ3n) is 2.92. The van der Waals surface area contributed by atoms with Gasteiger partial charge in [0.25, 0.3) is 0 Å². The molecule has 0 spiro atoms. The Bertz CT molecular complexity index is 620. The van der Waals surface area contributed by atoms with Crippen LogP contribution in [0.25, 0.3) is 0 Å². The van der Waals surface area contributed by atoms with Gasteiger partial charge in [0, 0.05) is 10.6 Å². The molecule has 0 aliphatic heterocycles. The molecule has 0 aromatic heterocycles. The lowest BCUT2D eigenvalue weighted by atomic mass is 10.1. The van der Waals surface area contributed by atoms with Gasteiger partial charge in [-0.25, -0.2) is 0 Å². The molecule has 2 nitrogen and oxygen atoms in total. The highest BCUT2D eigenvalue weighted by atomic mass is 35.5. The smallest absolute Gasteiger partial charge is 0.125 e. The summed E-state index contributed by atoms with van der Waals surface area (Å²) in [6, 6.07) is 13.4. The van der Waals surface area contributed by atoms with E-state index in [9.17, 15) is 0 Å². The van der Waals surface area contributed by atoms with Gasteiger partial charge in [-0.3, -0.25) is 0 Å². The number of halogens is 1. The molecule has 0 bridgehead atoms. The van der Waals surface area contributed by atoms with Crippen LogP contribution < -0.4 is 4.74 Å². The molecule has 0 aliphatic rings. The summed E-state index contributed by atoms with van der Waals surface area (Å²) in [5.74, 6) is 0.818. The van der Waals surface area contributed by atoms with Gasteiger partial charge in [-0.2, -0.15) is 5.26 Å². The summed E-state index contributed by atoms with van der Waals surface area (Å²) in [7, 11) is 0. The van der Waals surface area contributed by atoms with Crippen LogP contribution in [0.15, 0.2) is 36.4 Å². The van der Waals surface area contributed by atoms with Gasteiger partial charge in [0.1, 0.15) is 12.4 Å². The number of rotatable bonds is 3. The average molecular weight is 272 g/mol. The summed E-state index contributed by atoms with van der Waals surface area (Å²) in [5.41, 5.74) is 3.53. The summed E-state index contributed by atoms with van der Waals surface area (Å²) in [5, 5.41) is 9.61. The van der Waals surface area contributed by atoms with Crippen molar-refractivity contribution in [2.45, 2.75) is 20.5 Å². The number of nitrogens with zero attached hydrogens (tertiary/aromatic N) is 1. The van der Waals surface area contributed by atoms with Crippen LogP contribution in [0.5, 0.6) is 5.75 Å². The van der Waals surface area contributed by atoms with E-state index in [0.29, 0.717) is 17.2 Å². The first-order valence-corrected chi connectivity index (χ1v) is 6.37. The molecule has 0 saturated heterocycles. The maximum Gasteiger partial charge on any atom is 0.125 e. The molecule has 0 radical (unpaired) electrons. The van der Waals surface area contributed by atoms with Crippen molar-refractivity contribution in [3.63, 3.8) is 0 Å². The maximum absolute atomic E-state index is 8.91. The van der Waals surface area contributed by atoms with E-state index in [1.807, 2.05) is 50.2 Å². The molecular formula is C16H14ClNO. The van der Waals surface area contributed by atoms with E-state index in [-0.39, 0.29) is 0 Å². The fraction of sp³-hybridized carbons (Fsp3) is 0.188. The van der Waals surface area contributed by atoms with E-state index in [4.69, 9.17) is 21.6 Å². The molecule has 2 aromatic rings. The standard InChI is InChI=1S/C16H14ClNO/c1-11-7-13(9-18)8-12(2)16(11)19-10-14-5-3-4-6-15(14)17/h3-8H,10H2,1-2H3. The van der Waals surface area contributed by atoms with Gasteiger partial charge < -0.3 is 4.74 Å². The molecule has 0 unspecified atom stereocenters. The molecule has 0 aliphatic carbocycles.